The number of carbonyl (C=O) groups is 1. The molecule has 0 saturated heterocycles. The zero-order valence-corrected chi connectivity index (χ0v) is 15.6. The Hall–Kier alpha value is -3.15. The third-order valence-corrected chi connectivity index (χ3v) is 5.13. The van der Waals surface area contributed by atoms with Crippen molar-refractivity contribution >= 4 is 11.7 Å². The van der Waals surface area contributed by atoms with E-state index in [0.717, 1.165) is 29.9 Å². The van der Waals surface area contributed by atoms with Gasteiger partial charge in [-0.3, -0.25) is 0 Å². The quantitative estimate of drug-likeness (QED) is 0.774. The summed E-state index contributed by atoms with van der Waals surface area (Å²) < 4.78 is 1.93. The fourth-order valence-electron chi connectivity index (χ4n) is 3.53. The van der Waals surface area contributed by atoms with Crippen LogP contribution in [0.1, 0.15) is 28.1 Å². The topological polar surface area (TPSA) is 63.1 Å². The average Bonchev–Trinajstić information content (AvgIpc) is 3.27. The Morgan fingerprint density at radius 1 is 1.15 bits per heavy atom. The summed E-state index contributed by atoms with van der Waals surface area (Å²) in [5.74, 6) is 0.953. The molecule has 1 N–H and O–H groups in total. The molecule has 0 fully saturated rings. The van der Waals surface area contributed by atoms with Gasteiger partial charge in [-0.25, -0.2) is 4.79 Å². The lowest BCUT2D eigenvalue weighted by molar-refractivity contribution is 0.212. The number of carbonyl (C=O) groups excluding carboxylic acids is 1. The largest absolute Gasteiger partial charge is 0.322 e. The molecule has 0 radical (unpaired) electrons. The van der Waals surface area contributed by atoms with Crippen molar-refractivity contribution in [2.24, 2.45) is 7.05 Å². The van der Waals surface area contributed by atoms with Crippen LogP contribution in [0.3, 0.4) is 0 Å². The first-order valence-corrected chi connectivity index (χ1v) is 9.15. The smallest absolute Gasteiger partial charge is 0.321 e. The highest BCUT2D eigenvalue weighted by atomic mass is 16.2. The predicted molar refractivity (Wildman–Crippen MR) is 104 cm³/mol. The van der Waals surface area contributed by atoms with E-state index in [1.54, 1.807) is 6.33 Å². The van der Waals surface area contributed by atoms with E-state index in [4.69, 9.17) is 0 Å². The van der Waals surface area contributed by atoms with Gasteiger partial charge in [-0.2, -0.15) is 0 Å². The van der Waals surface area contributed by atoms with Crippen molar-refractivity contribution in [3.8, 4) is 0 Å². The standard InChI is InChI=1S/C21H23N5O/c1-15-5-3-7-17-12-26(13-19(15)17)21(27)23-18-8-4-6-16(11-18)9-10-20-24-22-14-25(20)2/h3-8,11,14H,9-10,12-13H2,1-2H3,(H,23,27). The molecule has 1 aliphatic rings. The van der Waals surface area contributed by atoms with E-state index < -0.39 is 0 Å². The van der Waals surface area contributed by atoms with Gasteiger partial charge in [0, 0.05) is 32.2 Å². The van der Waals surface area contributed by atoms with Crippen LogP contribution in [0.2, 0.25) is 0 Å². The number of hydrogen-bond acceptors (Lipinski definition) is 3. The first-order chi connectivity index (χ1) is 13.1. The molecule has 0 bridgehead atoms. The highest BCUT2D eigenvalue weighted by Crippen LogP contribution is 2.26. The summed E-state index contributed by atoms with van der Waals surface area (Å²) in [4.78, 5) is 14.5. The van der Waals surface area contributed by atoms with Gasteiger partial charge in [-0.15, -0.1) is 10.2 Å². The molecular weight excluding hydrogens is 338 g/mol. The van der Waals surface area contributed by atoms with E-state index in [0.29, 0.717) is 13.1 Å². The predicted octanol–water partition coefficient (Wildman–Crippen LogP) is 3.46. The lowest BCUT2D eigenvalue weighted by Gasteiger charge is -2.17. The second-order valence-electron chi connectivity index (χ2n) is 7.06. The van der Waals surface area contributed by atoms with Crippen molar-refractivity contribution < 1.29 is 4.79 Å². The molecule has 1 aliphatic heterocycles. The summed E-state index contributed by atoms with van der Waals surface area (Å²) in [6.45, 7) is 3.43. The fraction of sp³-hybridized carbons (Fsp3) is 0.286. The van der Waals surface area contributed by atoms with Gasteiger partial charge in [-0.1, -0.05) is 30.3 Å². The molecule has 6 heteroatoms. The molecule has 0 saturated carbocycles. The first kappa shape index (κ1) is 17.3. The Morgan fingerprint density at radius 2 is 2.00 bits per heavy atom. The molecule has 138 valence electrons. The lowest BCUT2D eigenvalue weighted by Crippen LogP contribution is -2.30. The maximum absolute atomic E-state index is 12.7. The van der Waals surface area contributed by atoms with Crippen molar-refractivity contribution in [2.45, 2.75) is 32.9 Å². The molecule has 4 rings (SSSR count). The molecule has 0 aliphatic carbocycles. The maximum Gasteiger partial charge on any atom is 0.322 e. The number of fused-ring (bicyclic) bond motifs is 1. The molecule has 27 heavy (non-hydrogen) atoms. The molecule has 0 spiro atoms. The number of benzene rings is 2. The van der Waals surface area contributed by atoms with E-state index in [1.807, 2.05) is 34.7 Å². The van der Waals surface area contributed by atoms with Crippen LogP contribution < -0.4 is 5.32 Å². The van der Waals surface area contributed by atoms with Crippen LogP contribution in [0.25, 0.3) is 0 Å². The van der Waals surface area contributed by atoms with Gasteiger partial charge in [-0.05, 0) is 47.7 Å². The van der Waals surface area contributed by atoms with Gasteiger partial charge >= 0.3 is 6.03 Å². The van der Waals surface area contributed by atoms with Crippen LogP contribution in [0.15, 0.2) is 48.8 Å². The molecule has 2 amide bonds. The van der Waals surface area contributed by atoms with E-state index in [1.165, 1.54) is 16.7 Å². The van der Waals surface area contributed by atoms with Crippen molar-refractivity contribution in [1.29, 1.82) is 0 Å². The highest BCUT2D eigenvalue weighted by molar-refractivity contribution is 5.89. The van der Waals surface area contributed by atoms with Crippen LogP contribution in [-0.4, -0.2) is 25.7 Å². The molecule has 2 heterocycles. The molecule has 3 aromatic rings. The van der Waals surface area contributed by atoms with E-state index in [2.05, 4.69) is 46.7 Å². The van der Waals surface area contributed by atoms with E-state index in [9.17, 15) is 4.79 Å². The fourth-order valence-corrected chi connectivity index (χ4v) is 3.53. The number of urea groups is 1. The van der Waals surface area contributed by atoms with Crippen molar-refractivity contribution in [3.05, 3.63) is 76.9 Å². The third kappa shape index (κ3) is 3.69. The number of rotatable bonds is 4. The zero-order valence-electron chi connectivity index (χ0n) is 15.6. The van der Waals surface area contributed by atoms with Gasteiger partial charge in [0.2, 0.25) is 0 Å². The minimum atomic E-state index is -0.0592. The molecule has 6 nitrogen and oxygen atoms in total. The number of aromatic nitrogens is 3. The number of hydrogen-bond donors (Lipinski definition) is 1. The van der Waals surface area contributed by atoms with Crippen LogP contribution in [0.5, 0.6) is 0 Å². The molecule has 0 unspecified atom stereocenters. The summed E-state index contributed by atoms with van der Waals surface area (Å²) >= 11 is 0. The number of anilines is 1. The van der Waals surface area contributed by atoms with Crippen LogP contribution in [0, 0.1) is 6.92 Å². The summed E-state index contributed by atoms with van der Waals surface area (Å²) in [5.41, 5.74) is 5.74. The Bertz CT molecular complexity index is 978. The minimum absolute atomic E-state index is 0.0592. The van der Waals surface area contributed by atoms with Gasteiger partial charge < -0.3 is 14.8 Å². The molecule has 1 aromatic heterocycles. The average molecular weight is 361 g/mol. The summed E-state index contributed by atoms with van der Waals surface area (Å²) in [7, 11) is 1.95. The summed E-state index contributed by atoms with van der Waals surface area (Å²) in [6.07, 6.45) is 3.38. The van der Waals surface area contributed by atoms with Crippen LogP contribution in [0.4, 0.5) is 10.5 Å². The maximum atomic E-state index is 12.7. The van der Waals surface area contributed by atoms with Crippen LogP contribution >= 0.6 is 0 Å². The van der Waals surface area contributed by atoms with Crippen molar-refractivity contribution in [2.75, 3.05) is 5.32 Å². The second-order valence-corrected chi connectivity index (χ2v) is 7.06. The number of amides is 2. The van der Waals surface area contributed by atoms with Crippen LogP contribution in [-0.2, 0) is 33.0 Å². The summed E-state index contributed by atoms with van der Waals surface area (Å²) in [5, 5.41) is 11.1. The highest BCUT2D eigenvalue weighted by Gasteiger charge is 2.24. The van der Waals surface area contributed by atoms with Crippen molar-refractivity contribution in [1.82, 2.24) is 19.7 Å². The normalized spacial score (nSPS) is 12.9. The summed E-state index contributed by atoms with van der Waals surface area (Å²) in [6, 6.07) is 14.2. The lowest BCUT2D eigenvalue weighted by atomic mass is 10.1. The number of aryl methyl sites for hydroxylation is 4. The SMILES string of the molecule is Cc1cccc2c1CN(C(=O)Nc1cccc(CCc3nncn3C)c1)C2. The number of nitrogens with one attached hydrogen (secondary N) is 1. The first-order valence-electron chi connectivity index (χ1n) is 9.15. The third-order valence-electron chi connectivity index (χ3n) is 5.13. The van der Waals surface area contributed by atoms with Gasteiger partial charge in [0.25, 0.3) is 0 Å². The van der Waals surface area contributed by atoms with Gasteiger partial charge in [0.15, 0.2) is 0 Å². The Morgan fingerprint density at radius 3 is 2.78 bits per heavy atom. The molecule has 0 atom stereocenters. The monoisotopic (exact) mass is 361 g/mol. The Labute approximate surface area is 158 Å². The van der Waals surface area contributed by atoms with Gasteiger partial charge in [0.05, 0.1) is 0 Å². The molecular formula is C21H23N5O. The van der Waals surface area contributed by atoms with E-state index in [-0.39, 0.29) is 6.03 Å². The minimum Gasteiger partial charge on any atom is -0.321 e. The van der Waals surface area contributed by atoms with E-state index >= 15 is 0 Å². The number of nitrogens with zero attached hydrogens (tertiary/aromatic N) is 4. The van der Waals surface area contributed by atoms with Crippen molar-refractivity contribution in [3.63, 3.8) is 0 Å². The molecule has 2 aromatic carbocycles. The zero-order chi connectivity index (χ0) is 18.8. The Balaban J connectivity index is 1.39. The second kappa shape index (κ2) is 7.23. The van der Waals surface area contributed by atoms with Gasteiger partial charge in [0.1, 0.15) is 12.2 Å². The Kier molecular flexibility index (Phi) is 4.62.